The van der Waals surface area contributed by atoms with Gasteiger partial charge in [-0.25, -0.2) is 0 Å². The second kappa shape index (κ2) is 3.77. The van der Waals surface area contributed by atoms with Crippen LogP contribution in [0.4, 0.5) is 0 Å². The zero-order valence-corrected chi connectivity index (χ0v) is 8.79. The molecule has 0 aliphatic heterocycles. The first-order chi connectivity index (χ1) is 5.71. The van der Waals surface area contributed by atoms with E-state index < -0.39 is 11.1 Å². The number of Topliss-reactive ketones (excluding diaryl/α,β-unsaturated/α-hetero) is 1. The number of azo groups is 1. The van der Waals surface area contributed by atoms with Gasteiger partial charge in [0.05, 0.1) is 0 Å². The maximum Gasteiger partial charge on any atom is 0.158 e. The molecule has 0 aromatic heterocycles. The molecule has 0 heterocycles. The average Bonchev–Trinajstić information content (AvgIpc) is 2.01. The Morgan fingerprint density at radius 1 is 1.15 bits per heavy atom. The molecule has 4 heteroatoms. The Morgan fingerprint density at radius 3 is 1.92 bits per heavy atom. The fourth-order valence-electron chi connectivity index (χ4n) is 0.348. The summed E-state index contributed by atoms with van der Waals surface area (Å²) in [6, 6.07) is 0. The van der Waals surface area contributed by atoms with E-state index in [9.17, 15) is 9.59 Å². The van der Waals surface area contributed by atoms with Crippen LogP contribution in [0.15, 0.2) is 10.2 Å². The Kier molecular flexibility index (Phi) is 3.46. The molecular weight excluding hydrogens is 168 g/mol. The molecule has 0 saturated heterocycles. The van der Waals surface area contributed by atoms with Gasteiger partial charge in [-0.1, -0.05) is 0 Å². The van der Waals surface area contributed by atoms with Gasteiger partial charge in [-0.3, -0.25) is 4.79 Å². The van der Waals surface area contributed by atoms with Crippen LogP contribution in [0.25, 0.3) is 0 Å². The topological polar surface area (TPSA) is 58.9 Å². The van der Waals surface area contributed by atoms with Gasteiger partial charge in [-0.2, -0.15) is 10.2 Å². The molecule has 0 atom stereocenters. The van der Waals surface area contributed by atoms with Crippen molar-refractivity contribution >= 4 is 12.1 Å². The van der Waals surface area contributed by atoms with Crippen LogP contribution in [0, 0.1) is 0 Å². The van der Waals surface area contributed by atoms with Gasteiger partial charge in [-0.05, 0) is 34.6 Å². The molecule has 0 aromatic carbocycles. The molecule has 74 valence electrons. The van der Waals surface area contributed by atoms with Crippen LogP contribution in [0.5, 0.6) is 0 Å². The number of aldehydes is 1. The highest BCUT2D eigenvalue weighted by Gasteiger charge is 2.24. The Morgan fingerprint density at radius 2 is 1.62 bits per heavy atom. The summed E-state index contributed by atoms with van der Waals surface area (Å²) in [7, 11) is 0. The predicted octanol–water partition coefficient (Wildman–Crippen LogP) is 1.78. The largest absolute Gasteiger partial charge is 0.301 e. The molecule has 0 fully saturated rings. The highest BCUT2D eigenvalue weighted by molar-refractivity contribution is 5.85. The van der Waals surface area contributed by atoms with Crippen LogP contribution in [0.2, 0.25) is 0 Å². The fourth-order valence-corrected chi connectivity index (χ4v) is 0.348. The Labute approximate surface area is 78.4 Å². The summed E-state index contributed by atoms with van der Waals surface area (Å²) in [5.41, 5.74) is -1.67. The van der Waals surface area contributed by atoms with Gasteiger partial charge in [0.1, 0.15) is 17.4 Å². The SMILES string of the molecule is CC(=O)C(C)(C)N=NC(C)(C)C=O. The van der Waals surface area contributed by atoms with Crippen LogP contribution in [0.3, 0.4) is 0 Å². The number of hydrogen-bond acceptors (Lipinski definition) is 4. The van der Waals surface area contributed by atoms with E-state index in [0.717, 1.165) is 0 Å². The van der Waals surface area contributed by atoms with Gasteiger partial charge in [0.2, 0.25) is 0 Å². The summed E-state index contributed by atoms with van der Waals surface area (Å²) in [5, 5.41) is 7.65. The summed E-state index contributed by atoms with van der Waals surface area (Å²) < 4.78 is 0. The highest BCUT2D eigenvalue weighted by atomic mass is 16.1. The molecule has 0 radical (unpaired) electrons. The average molecular weight is 184 g/mol. The molecule has 0 saturated carbocycles. The minimum atomic E-state index is -0.841. The maximum absolute atomic E-state index is 11.0. The lowest BCUT2D eigenvalue weighted by Gasteiger charge is -2.16. The van der Waals surface area contributed by atoms with Crippen molar-refractivity contribution in [2.24, 2.45) is 10.2 Å². The smallest absolute Gasteiger partial charge is 0.158 e. The number of rotatable bonds is 4. The number of hydrogen-bond donors (Lipinski definition) is 0. The monoisotopic (exact) mass is 184 g/mol. The van der Waals surface area contributed by atoms with Crippen molar-refractivity contribution in [2.75, 3.05) is 0 Å². The molecule has 0 bridgehead atoms. The number of nitrogens with zero attached hydrogens (tertiary/aromatic N) is 2. The third-order valence-electron chi connectivity index (χ3n) is 1.71. The van der Waals surface area contributed by atoms with E-state index in [4.69, 9.17) is 0 Å². The molecule has 0 spiro atoms. The first-order valence-electron chi connectivity index (χ1n) is 4.13. The lowest BCUT2D eigenvalue weighted by molar-refractivity contribution is -0.121. The summed E-state index contributed by atoms with van der Waals surface area (Å²) in [4.78, 5) is 21.5. The zero-order valence-electron chi connectivity index (χ0n) is 8.79. The summed E-state index contributed by atoms with van der Waals surface area (Å²) in [5.74, 6) is -0.0713. The Hall–Kier alpha value is -1.06. The van der Waals surface area contributed by atoms with E-state index in [1.165, 1.54) is 6.92 Å². The highest BCUT2D eigenvalue weighted by Crippen LogP contribution is 2.14. The maximum atomic E-state index is 11.0. The lowest BCUT2D eigenvalue weighted by atomic mass is 10.0. The molecule has 0 amide bonds. The van der Waals surface area contributed by atoms with Crippen molar-refractivity contribution in [3.63, 3.8) is 0 Å². The van der Waals surface area contributed by atoms with Crippen molar-refractivity contribution in [2.45, 2.75) is 45.7 Å². The Bertz CT molecular complexity index is 242. The first kappa shape index (κ1) is 11.9. The van der Waals surface area contributed by atoms with E-state index in [0.29, 0.717) is 6.29 Å². The molecule has 0 aliphatic rings. The fraction of sp³-hybridized carbons (Fsp3) is 0.778. The van der Waals surface area contributed by atoms with Crippen LogP contribution in [0.1, 0.15) is 34.6 Å². The van der Waals surface area contributed by atoms with E-state index in [1.54, 1.807) is 27.7 Å². The van der Waals surface area contributed by atoms with E-state index in [-0.39, 0.29) is 5.78 Å². The molecule has 0 aromatic rings. The zero-order chi connectivity index (χ0) is 10.7. The second-order valence-corrected chi connectivity index (χ2v) is 4.09. The van der Waals surface area contributed by atoms with Crippen molar-refractivity contribution in [1.82, 2.24) is 0 Å². The standard InChI is InChI=1S/C9H16N2O2/c1-7(13)9(4,5)11-10-8(2,3)6-12/h6H,1-5H3. The second-order valence-electron chi connectivity index (χ2n) is 4.09. The van der Waals surface area contributed by atoms with E-state index in [1.807, 2.05) is 0 Å². The first-order valence-corrected chi connectivity index (χ1v) is 4.13. The molecule has 4 nitrogen and oxygen atoms in total. The molecule has 13 heavy (non-hydrogen) atoms. The minimum Gasteiger partial charge on any atom is -0.301 e. The van der Waals surface area contributed by atoms with Crippen molar-refractivity contribution < 1.29 is 9.59 Å². The number of carbonyl (C=O) groups is 2. The van der Waals surface area contributed by atoms with Crippen LogP contribution >= 0.6 is 0 Å². The van der Waals surface area contributed by atoms with E-state index >= 15 is 0 Å². The molecule has 0 aliphatic carbocycles. The van der Waals surface area contributed by atoms with Gasteiger partial charge in [0.25, 0.3) is 0 Å². The normalized spacial score (nSPS) is 13.3. The minimum absolute atomic E-state index is 0.0713. The number of carbonyl (C=O) groups excluding carboxylic acids is 2. The van der Waals surface area contributed by atoms with Crippen molar-refractivity contribution in [1.29, 1.82) is 0 Å². The quantitative estimate of drug-likeness (QED) is 0.494. The molecule has 0 rings (SSSR count). The molecular formula is C9H16N2O2. The summed E-state index contributed by atoms with van der Waals surface area (Å²) >= 11 is 0. The summed E-state index contributed by atoms with van der Waals surface area (Å²) in [6.07, 6.45) is 0.701. The molecule has 0 N–H and O–H groups in total. The van der Waals surface area contributed by atoms with Crippen molar-refractivity contribution in [3.05, 3.63) is 0 Å². The molecule has 0 unspecified atom stereocenters. The lowest BCUT2D eigenvalue weighted by Crippen LogP contribution is -2.28. The van der Waals surface area contributed by atoms with Crippen molar-refractivity contribution in [3.8, 4) is 0 Å². The van der Waals surface area contributed by atoms with Crippen LogP contribution in [-0.4, -0.2) is 23.1 Å². The third kappa shape index (κ3) is 3.92. The van der Waals surface area contributed by atoms with Crippen LogP contribution in [-0.2, 0) is 9.59 Å². The van der Waals surface area contributed by atoms with Gasteiger partial charge in [0, 0.05) is 0 Å². The predicted molar refractivity (Wildman–Crippen MR) is 49.8 cm³/mol. The van der Waals surface area contributed by atoms with Gasteiger partial charge in [-0.15, -0.1) is 0 Å². The summed E-state index contributed by atoms with van der Waals surface area (Å²) in [6.45, 7) is 8.06. The third-order valence-corrected chi connectivity index (χ3v) is 1.71. The number of ketones is 1. The van der Waals surface area contributed by atoms with Gasteiger partial charge >= 0.3 is 0 Å². The van der Waals surface area contributed by atoms with E-state index in [2.05, 4.69) is 10.2 Å². The van der Waals surface area contributed by atoms with Crippen LogP contribution < -0.4 is 0 Å². The van der Waals surface area contributed by atoms with Gasteiger partial charge in [0.15, 0.2) is 5.78 Å². The van der Waals surface area contributed by atoms with Gasteiger partial charge < -0.3 is 4.79 Å². The Balaban J connectivity index is 4.61.